The molecule has 0 saturated heterocycles. The second-order valence-electron chi connectivity index (χ2n) is 7.06. The minimum absolute atomic E-state index is 0.0678. The lowest BCUT2D eigenvalue weighted by Gasteiger charge is -2.15. The number of aliphatic hydroxyl groups excluding tert-OH is 1. The van der Waals surface area contributed by atoms with E-state index in [9.17, 15) is 19.4 Å². The molecule has 8 nitrogen and oxygen atoms in total. The number of carbonyl (C=O) groups is 1. The summed E-state index contributed by atoms with van der Waals surface area (Å²) in [5, 5.41) is 9.66. The van der Waals surface area contributed by atoms with E-state index in [1.165, 1.54) is 0 Å². The van der Waals surface area contributed by atoms with Crippen molar-refractivity contribution in [2.24, 2.45) is 5.73 Å². The van der Waals surface area contributed by atoms with Gasteiger partial charge in [-0.15, -0.1) is 0 Å². The summed E-state index contributed by atoms with van der Waals surface area (Å²) in [4.78, 5) is 21.0. The molecule has 0 spiro atoms. The summed E-state index contributed by atoms with van der Waals surface area (Å²) in [6, 6.07) is 0. The lowest BCUT2D eigenvalue weighted by molar-refractivity contribution is -0.147. The summed E-state index contributed by atoms with van der Waals surface area (Å²) in [6.45, 7) is 1.25. The number of hydrogen-bond acceptors (Lipinski definition) is 7. The van der Waals surface area contributed by atoms with Crippen LogP contribution < -0.4 is 5.73 Å². The zero-order valence-corrected chi connectivity index (χ0v) is 20.0. The van der Waals surface area contributed by atoms with Gasteiger partial charge in [-0.05, 0) is 25.7 Å². The summed E-state index contributed by atoms with van der Waals surface area (Å²) < 4.78 is 25.5. The molecular weight excluding hydrogens is 433 g/mol. The Hall–Kier alpha value is -1.54. The first-order valence-corrected chi connectivity index (χ1v) is 12.7. The van der Waals surface area contributed by atoms with E-state index in [1.807, 2.05) is 30.4 Å². The molecule has 0 aliphatic rings. The maximum Gasteiger partial charge on any atom is 0.472 e. The van der Waals surface area contributed by atoms with Gasteiger partial charge in [0.15, 0.2) is 0 Å². The summed E-state index contributed by atoms with van der Waals surface area (Å²) in [7, 11) is -4.25. The Bertz CT molecular complexity index is 632. The maximum absolute atomic E-state index is 11.7. The van der Waals surface area contributed by atoms with Gasteiger partial charge in [0.25, 0.3) is 0 Å². The van der Waals surface area contributed by atoms with Crippen molar-refractivity contribution in [2.45, 2.75) is 64.4 Å². The zero-order valence-electron chi connectivity index (χ0n) is 19.1. The van der Waals surface area contributed by atoms with Crippen molar-refractivity contribution in [3.8, 4) is 0 Å². The van der Waals surface area contributed by atoms with Gasteiger partial charge in [-0.1, -0.05) is 74.8 Å². The fourth-order valence-electron chi connectivity index (χ4n) is 2.40. The van der Waals surface area contributed by atoms with E-state index in [1.54, 1.807) is 0 Å². The first-order valence-electron chi connectivity index (χ1n) is 11.2. The first kappa shape index (κ1) is 30.5. The normalized spacial score (nSPS) is 15.2. The minimum atomic E-state index is -4.25. The fourth-order valence-corrected chi connectivity index (χ4v) is 3.17. The van der Waals surface area contributed by atoms with Gasteiger partial charge in [-0.25, -0.2) is 4.57 Å². The third-order valence-corrected chi connectivity index (χ3v) is 5.04. The molecule has 0 aromatic rings. The number of ether oxygens (including phenoxy) is 1. The van der Waals surface area contributed by atoms with Crippen molar-refractivity contribution >= 4 is 13.8 Å². The molecule has 0 bridgehead atoms. The summed E-state index contributed by atoms with van der Waals surface area (Å²) in [6.07, 6.45) is 22.4. The Kier molecular flexibility index (Phi) is 20.3. The number of nitrogens with two attached hydrogens (primary N) is 1. The van der Waals surface area contributed by atoms with Crippen LogP contribution in [0.15, 0.2) is 48.6 Å². The van der Waals surface area contributed by atoms with Crippen LogP contribution >= 0.6 is 7.82 Å². The maximum atomic E-state index is 11.7. The lowest BCUT2D eigenvalue weighted by atomic mass is 10.1. The predicted molar refractivity (Wildman–Crippen MR) is 127 cm³/mol. The third kappa shape index (κ3) is 21.7. The van der Waals surface area contributed by atoms with Gasteiger partial charge in [0, 0.05) is 13.0 Å². The number of allylic oxidation sites excluding steroid dienone is 8. The Morgan fingerprint density at radius 1 is 0.938 bits per heavy atom. The van der Waals surface area contributed by atoms with E-state index in [2.05, 4.69) is 34.2 Å². The second kappa shape index (κ2) is 21.3. The molecule has 0 radical (unpaired) electrons. The highest BCUT2D eigenvalue weighted by Gasteiger charge is 2.22. The van der Waals surface area contributed by atoms with Crippen LogP contribution in [0.2, 0.25) is 0 Å². The van der Waals surface area contributed by atoms with Crippen LogP contribution in [-0.4, -0.2) is 48.4 Å². The summed E-state index contributed by atoms with van der Waals surface area (Å²) in [5.41, 5.74) is 5.16. The van der Waals surface area contributed by atoms with Gasteiger partial charge in [-0.3, -0.25) is 13.8 Å². The average Bonchev–Trinajstić information content (AvgIpc) is 2.77. The number of unbranched alkanes of at least 4 members (excludes halogenated alkanes) is 5. The molecule has 4 N–H and O–H groups in total. The van der Waals surface area contributed by atoms with E-state index in [-0.39, 0.29) is 26.2 Å². The van der Waals surface area contributed by atoms with Crippen molar-refractivity contribution in [3.05, 3.63) is 48.6 Å². The number of phosphoric acid groups is 1. The monoisotopic (exact) mass is 473 g/mol. The number of carbonyl (C=O) groups excluding carboxylic acids is 1. The molecule has 0 aliphatic heterocycles. The van der Waals surface area contributed by atoms with Gasteiger partial charge >= 0.3 is 13.8 Å². The number of aliphatic hydroxyl groups is 1. The van der Waals surface area contributed by atoms with Crippen molar-refractivity contribution in [2.75, 3.05) is 26.4 Å². The van der Waals surface area contributed by atoms with Crippen LogP contribution in [0.4, 0.5) is 0 Å². The molecule has 0 aromatic heterocycles. The molecule has 0 heterocycles. The van der Waals surface area contributed by atoms with Gasteiger partial charge in [0.1, 0.15) is 12.7 Å². The molecule has 9 heteroatoms. The number of hydrogen-bond donors (Lipinski definition) is 3. The largest absolute Gasteiger partial charge is 0.472 e. The molecular formula is C23H40NO7P. The Labute approximate surface area is 192 Å². The van der Waals surface area contributed by atoms with E-state index in [0.29, 0.717) is 0 Å². The molecule has 32 heavy (non-hydrogen) atoms. The predicted octanol–water partition coefficient (Wildman–Crippen LogP) is 4.35. The Morgan fingerprint density at radius 3 is 2.25 bits per heavy atom. The van der Waals surface area contributed by atoms with E-state index >= 15 is 0 Å². The average molecular weight is 474 g/mol. The van der Waals surface area contributed by atoms with Gasteiger partial charge in [0.2, 0.25) is 0 Å². The standard InChI is InChI=1S/C23H40NO7P/c1-2-3-4-5-6-7-8-9-10-11-12-13-14-15-16-17-23(26)29-20-22(25)21-31-32(27,28)30-19-18-24/h3-10,22,25H,2,11-21,24H2,1H3,(H,27,28)/b4-3+,6-5+,8-7+,10-9+/t22-/m1/s1. The van der Waals surface area contributed by atoms with Crippen LogP contribution in [0.5, 0.6) is 0 Å². The van der Waals surface area contributed by atoms with E-state index in [4.69, 9.17) is 10.5 Å². The van der Waals surface area contributed by atoms with E-state index < -0.39 is 26.5 Å². The SMILES string of the molecule is CC/C=C/C=C/C=C/C=C/CCCCCCCC(=O)OC[C@@H](O)COP(=O)(O)OCCN. The smallest absolute Gasteiger partial charge is 0.463 e. The third-order valence-electron chi connectivity index (χ3n) is 4.05. The quantitative estimate of drug-likeness (QED) is 0.103. The molecule has 0 rings (SSSR count). The molecule has 0 saturated carbocycles. The van der Waals surface area contributed by atoms with Crippen LogP contribution in [0.3, 0.4) is 0 Å². The van der Waals surface area contributed by atoms with Crippen LogP contribution in [0.1, 0.15) is 58.3 Å². The number of esters is 1. The van der Waals surface area contributed by atoms with Gasteiger partial charge in [0.05, 0.1) is 13.2 Å². The number of rotatable bonds is 20. The van der Waals surface area contributed by atoms with Crippen molar-refractivity contribution in [1.29, 1.82) is 0 Å². The van der Waals surface area contributed by atoms with Gasteiger partial charge in [-0.2, -0.15) is 0 Å². The Morgan fingerprint density at radius 2 is 1.56 bits per heavy atom. The Balaban J connectivity index is 3.62. The molecule has 1 unspecified atom stereocenters. The molecule has 184 valence electrons. The van der Waals surface area contributed by atoms with E-state index in [0.717, 1.165) is 44.9 Å². The highest BCUT2D eigenvalue weighted by molar-refractivity contribution is 7.47. The minimum Gasteiger partial charge on any atom is -0.463 e. The number of phosphoric ester groups is 1. The topological polar surface area (TPSA) is 128 Å². The lowest BCUT2D eigenvalue weighted by Crippen LogP contribution is -2.23. The van der Waals surface area contributed by atoms with Crippen molar-refractivity contribution in [3.63, 3.8) is 0 Å². The highest BCUT2D eigenvalue weighted by atomic mass is 31.2. The van der Waals surface area contributed by atoms with Crippen molar-refractivity contribution in [1.82, 2.24) is 0 Å². The van der Waals surface area contributed by atoms with Crippen LogP contribution in [0.25, 0.3) is 0 Å². The molecule has 0 fully saturated rings. The summed E-state index contributed by atoms with van der Waals surface area (Å²) in [5.74, 6) is -0.412. The zero-order chi connectivity index (χ0) is 23.9. The molecule has 2 atom stereocenters. The summed E-state index contributed by atoms with van der Waals surface area (Å²) >= 11 is 0. The fraction of sp³-hybridized carbons (Fsp3) is 0.609. The molecule has 0 amide bonds. The van der Waals surface area contributed by atoms with Gasteiger partial charge < -0.3 is 20.5 Å². The van der Waals surface area contributed by atoms with Crippen LogP contribution in [0, 0.1) is 0 Å². The second-order valence-corrected chi connectivity index (χ2v) is 8.52. The van der Waals surface area contributed by atoms with Crippen molar-refractivity contribution < 1.29 is 33.1 Å². The van der Waals surface area contributed by atoms with Crippen LogP contribution in [-0.2, 0) is 23.1 Å². The highest BCUT2D eigenvalue weighted by Crippen LogP contribution is 2.42. The molecule has 0 aliphatic carbocycles. The first-order chi connectivity index (χ1) is 15.4. The molecule has 0 aromatic carbocycles.